The molecule has 22 heavy (non-hydrogen) atoms. The third-order valence-electron chi connectivity index (χ3n) is 3.02. The maximum atomic E-state index is 5.86. The number of benzene rings is 3. The molecule has 0 bridgehead atoms. The van der Waals surface area contributed by atoms with E-state index in [1.807, 2.05) is 60.7 Å². The molecule has 3 aromatic carbocycles. The Labute approximate surface area is 128 Å². The minimum Gasteiger partial charge on any atom is -0.453 e. The molecule has 0 spiro atoms. The molecule has 3 aromatic rings. The maximum Gasteiger partial charge on any atom is 0.169 e. The van der Waals surface area contributed by atoms with Crippen molar-refractivity contribution in [1.29, 1.82) is 0 Å². The fourth-order valence-electron chi connectivity index (χ4n) is 2.03. The summed E-state index contributed by atoms with van der Waals surface area (Å²) < 4.78 is 11.7. The standard InChI is InChI=1S/C18H16N2O2/c19-13-5-3-7-15(11-13)21-17-9-1-2-10-18(17)22-16-8-4-6-14(20)12-16/h1-12H,19-20H2. The lowest BCUT2D eigenvalue weighted by atomic mass is 10.3. The van der Waals surface area contributed by atoms with Crippen LogP contribution in [0.4, 0.5) is 11.4 Å². The molecule has 0 saturated carbocycles. The minimum absolute atomic E-state index is 0.607. The van der Waals surface area contributed by atoms with Crippen molar-refractivity contribution in [3.05, 3.63) is 72.8 Å². The minimum atomic E-state index is 0.607. The number of ether oxygens (including phenoxy) is 2. The fraction of sp³-hybridized carbons (Fsp3) is 0. The molecule has 4 heteroatoms. The average Bonchev–Trinajstić information content (AvgIpc) is 2.49. The highest BCUT2D eigenvalue weighted by molar-refractivity contribution is 5.50. The monoisotopic (exact) mass is 292 g/mol. The Morgan fingerprint density at radius 1 is 0.545 bits per heavy atom. The highest BCUT2D eigenvalue weighted by atomic mass is 16.5. The van der Waals surface area contributed by atoms with Gasteiger partial charge in [0.2, 0.25) is 0 Å². The molecular formula is C18H16N2O2. The zero-order valence-corrected chi connectivity index (χ0v) is 11.9. The van der Waals surface area contributed by atoms with Gasteiger partial charge in [-0.1, -0.05) is 24.3 Å². The van der Waals surface area contributed by atoms with Crippen molar-refractivity contribution in [2.75, 3.05) is 11.5 Å². The first kappa shape index (κ1) is 13.8. The van der Waals surface area contributed by atoms with Crippen molar-refractivity contribution in [2.24, 2.45) is 0 Å². The van der Waals surface area contributed by atoms with Crippen LogP contribution in [0.3, 0.4) is 0 Å². The predicted octanol–water partition coefficient (Wildman–Crippen LogP) is 4.44. The lowest BCUT2D eigenvalue weighted by Crippen LogP contribution is -1.92. The van der Waals surface area contributed by atoms with E-state index in [-0.39, 0.29) is 0 Å². The van der Waals surface area contributed by atoms with Crippen LogP contribution in [0.25, 0.3) is 0 Å². The van der Waals surface area contributed by atoms with Gasteiger partial charge < -0.3 is 20.9 Å². The molecule has 110 valence electrons. The molecule has 0 heterocycles. The Morgan fingerprint density at radius 2 is 1.00 bits per heavy atom. The zero-order chi connectivity index (χ0) is 15.4. The van der Waals surface area contributed by atoms with Gasteiger partial charge >= 0.3 is 0 Å². The van der Waals surface area contributed by atoms with Crippen LogP contribution in [-0.4, -0.2) is 0 Å². The van der Waals surface area contributed by atoms with Crippen LogP contribution in [0.5, 0.6) is 23.0 Å². The molecule has 0 atom stereocenters. The number of rotatable bonds is 4. The van der Waals surface area contributed by atoms with Gasteiger partial charge in [0.05, 0.1) is 0 Å². The summed E-state index contributed by atoms with van der Waals surface area (Å²) in [6, 6.07) is 21.9. The number of hydrogen-bond donors (Lipinski definition) is 2. The van der Waals surface area contributed by atoms with Crippen LogP contribution in [0.2, 0.25) is 0 Å². The van der Waals surface area contributed by atoms with Gasteiger partial charge in [0.25, 0.3) is 0 Å². The quantitative estimate of drug-likeness (QED) is 0.698. The van der Waals surface area contributed by atoms with E-state index in [0.717, 1.165) is 0 Å². The SMILES string of the molecule is Nc1cccc(Oc2ccccc2Oc2cccc(N)c2)c1. The summed E-state index contributed by atoms with van der Waals surface area (Å²) in [5.41, 5.74) is 12.8. The Hall–Kier alpha value is -3.14. The summed E-state index contributed by atoms with van der Waals surface area (Å²) in [4.78, 5) is 0. The summed E-state index contributed by atoms with van der Waals surface area (Å²) >= 11 is 0. The van der Waals surface area contributed by atoms with Crippen LogP contribution in [0.1, 0.15) is 0 Å². The normalized spacial score (nSPS) is 10.2. The molecule has 0 amide bonds. The Kier molecular flexibility index (Phi) is 3.83. The molecular weight excluding hydrogens is 276 g/mol. The van der Waals surface area contributed by atoms with Gasteiger partial charge in [-0.2, -0.15) is 0 Å². The number of anilines is 2. The second-order valence-corrected chi connectivity index (χ2v) is 4.80. The molecule has 4 N–H and O–H groups in total. The molecule has 0 saturated heterocycles. The molecule has 0 radical (unpaired) electrons. The number of hydrogen-bond acceptors (Lipinski definition) is 4. The Bertz CT molecular complexity index is 721. The van der Waals surface area contributed by atoms with E-state index < -0.39 is 0 Å². The summed E-state index contributed by atoms with van der Waals surface area (Å²) in [5.74, 6) is 2.53. The molecule has 0 fully saturated rings. The van der Waals surface area contributed by atoms with Crippen molar-refractivity contribution < 1.29 is 9.47 Å². The first-order chi connectivity index (χ1) is 10.7. The van der Waals surface area contributed by atoms with Crippen LogP contribution >= 0.6 is 0 Å². The molecule has 0 unspecified atom stereocenters. The number of nitrogens with two attached hydrogens (primary N) is 2. The van der Waals surface area contributed by atoms with E-state index >= 15 is 0 Å². The molecule has 0 aliphatic heterocycles. The third kappa shape index (κ3) is 3.30. The van der Waals surface area contributed by atoms with Crippen LogP contribution in [0, 0.1) is 0 Å². The van der Waals surface area contributed by atoms with E-state index in [1.54, 1.807) is 12.1 Å². The largest absolute Gasteiger partial charge is 0.453 e. The van der Waals surface area contributed by atoms with Crippen molar-refractivity contribution in [3.8, 4) is 23.0 Å². The predicted molar refractivity (Wildman–Crippen MR) is 88.3 cm³/mol. The fourth-order valence-corrected chi connectivity index (χ4v) is 2.03. The van der Waals surface area contributed by atoms with E-state index in [9.17, 15) is 0 Å². The number of nitrogen functional groups attached to an aromatic ring is 2. The van der Waals surface area contributed by atoms with Gasteiger partial charge in [0.15, 0.2) is 11.5 Å². The lowest BCUT2D eigenvalue weighted by molar-refractivity contribution is 0.419. The van der Waals surface area contributed by atoms with Gasteiger partial charge in [0.1, 0.15) is 11.5 Å². The first-order valence-electron chi connectivity index (χ1n) is 6.86. The molecule has 0 aliphatic rings. The Morgan fingerprint density at radius 3 is 1.41 bits per heavy atom. The van der Waals surface area contributed by atoms with Crippen molar-refractivity contribution in [2.45, 2.75) is 0 Å². The number of para-hydroxylation sites is 2. The van der Waals surface area contributed by atoms with Gasteiger partial charge in [-0.3, -0.25) is 0 Å². The van der Waals surface area contributed by atoms with Gasteiger partial charge in [-0.25, -0.2) is 0 Å². The van der Waals surface area contributed by atoms with Gasteiger partial charge in [0, 0.05) is 23.5 Å². The summed E-state index contributed by atoms with van der Waals surface area (Å²) in [7, 11) is 0. The Balaban J connectivity index is 1.86. The highest BCUT2D eigenvalue weighted by Gasteiger charge is 2.07. The molecule has 3 rings (SSSR count). The van der Waals surface area contributed by atoms with Gasteiger partial charge in [-0.05, 0) is 36.4 Å². The van der Waals surface area contributed by atoms with E-state index in [0.29, 0.717) is 34.4 Å². The summed E-state index contributed by atoms with van der Waals surface area (Å²) in [6.45, 7) is 0. The highest BCUT2D eigenvalue weighted by Crippen LogP contribution is 2.35. The second-order valence-electron chi connectivity index (χ2n) is 4.80. The lowest BCUT2D eigenvalue weighted by Gasteiger charge is -2.12. The maximum absolute atomic E-state index is 5.86. The van der Waals surface area contributed by atoms with Gasteiger partial charge in [-0.15, -0.1) is 0 Å². The summed E-state index contributed by atoms with van der Waals surface area (Å²) in [6.07, 6.45) is 0. The van der Waals surface area contributed by atoms with E-state index in [2.05, 4.69) is 0 Å². The van der Waals surface area contributed by atoms with E-state index in [1.165, 1.54) is 0 Å². The summed E-state index contributed by atoms with van der Waals surface area (Å²) in [5, 5.41) is 0. The zero-order valence-electron chi connectivity index (χ0n) is 11.9. The van der Waals surface area contributed by atoms with Crippen LogP contribution in [0.15, 0.2) is 72.8 Å². The molecule has 0 aromatic heterocycles. The second kappa shape index (κ2) is 6.10. The smallest absolute Gasteiger partial charge is 0.169 e. The van der Waals surface area contributed by atoms with Crippen molar-refractivity contribution in [3.63, 3.8) is 0 Å². The van der Waals surface area contributed by atoms with Crippen molar-refractivity contribution in [1.82, 2.24) is 0 Å². The first-order valence-corrected chi connectivity index (χ1v) is 6.86. The van der Waals surface area contributed by atoms with Crippen LogP contribution in [-0.2, 0) is 0 Å². The average molecular weight is 292 g/mol. The van der Waals surface area contributed by atoms with Crippen LogP contribution < -0.4 is 20.9 Å². The third-order valence-corrected chi connectivity index (χ3v) is 3.02. The molecule has 4 nitrogen and oxygen atoms in total. The molecule has 0 aliphatic carbocycles. The van der Waals surface area contributed by atoms with E-state index in [4.69, 9.17) is 20.9 Å². The topological polar surface area (TPSA) is 70.5 Å². The van der Waals surface area contributed by atoms with Crippen molar-refractivity contribution >= 4 is 11.4 Å².